The zero-order valence-electron chi connectivity index (χ0n) is 29.1. The van der Waals surface area contributed by atoms with Gasteiger partial charge in [0.1, 0.15) is 0 Å². The Bertz CT molecular complexity index is 1630. The van der Waals surface area contributed by atoms with Gasteiger partial charge in [0.2, 0.25) is 0 Å². The molecule has 0 amide bonds. The van der Waals surface area contributed by atoms with Gasteiger partial charge in [-0.3, -0.25) is 4.90 Å². The number of hydrogen-bond acceptors (Lipinski definition) is 7. The van der Waals surface area contributed by atoms with Gasteiger partial charge in [0.25, 0.3) is 0 Å². The third kappa shape index (κ3) is 7.82. The van der Waals surface area contributed by atoms with Gasteiger partial charge in [0.15, 0.2) is 0 Å². The summed E-state index contributed by atoms with van der Waals surface area (Å²) in [6.07, 6.45) is 0.832. The molecule has 1 aliphatic rings. The van der Waals surface area contributed by atoms with Crippen LogP contribution >= 0.6 is 0 Å². The summed E-state index contributed by atoms with van der Waals surface area (Å²) in [6, 6.07) is 28.4. The predicted molar refractivity (Wildman–Crippen MR) is 192 cm³/mol. The molecule has 0 atom stereocenters. The fourth-order valence-corrected chi connectivity index (χ4v) is 9.08. The van der Waals surface area contributed by atoms with Gasteiger partial charge in [0, 0.05) is 39.0 Å². The molecule has 0 aromatic heterocycles. The van der Waals surface area contributed by atoms with Crippen molar-refractivity contribution in [2.75, 3.05) is 26.4 Å². The Morgan fingerprint density at radius 3 is 1.85 bits per heavy atom. The zero-order valence-corrected chi connectivity index (χ0v) is 30.1. The van der Waals surface area contributed by atoms with Gasteiger partial charge in [-0.15, -0.1) is 0 Å². The van der Waals surface area contributed by atoms with Gasteiger partial charge in [0.05, 0.1) is 22.8 Å². The van der Waals surface area contributed by atoms with Crippen molar-refractivity contribution in [3.63, 3.8) is 0 Å². The van der Waals surface area contributed by atoms with Crippen molar-refractivity contribution in [3.8, 4) is 6.07 Å². The first-order valence-corrected chi connectivity index (χ1v) is 18.9. The van der Waals surface area contributed by atoms with E-state index in [9.17, 15) is 5.26 Å². The van der Waals surface area contributed by atoms with Crippen molar-refractivity contribution >= 4 is 42.9 Å². The van der Waals surface area contributed by atoms with Crippen LogP contribution in [0.2, 0.25) is 6.04 Å². The molecule has 1 fully saturated rings. The van der Waals surface area contributed by atoms with Crippen molar-refractivity contribution < 1.29 is 22.6 Å². The molecule has 47 heavy (non-hydrogen) atoms. The van der Waals surface area contributed by atoms with E-state index < -0.39 is 27.1 Å². The molecular weight excluding hydrogens is 603 g/mol. The van der Waals surface area contributed by atoms with E-state index in [1.54, 1.807) is 0 Å². The number of nitrogens with zero attached hydrogens (tertiary/aromatic N) is 2. The lowest BCUT2D eigenvalue weighted by molar-refractivity contribution is 0.00578. The first kappa shape index (κ1) is 35.2. The number of fused-ring (bicyclic) bond motifs is 2. The molecule has 4 aromatic carbocycles. The Labute approximate surface area is 282 Å². The summed E-state index contributed by atoms with van der Waals surface area (Å²) in [5, 5.41) is 14.8. The summed E-state index contributed by atoms with van der Waals surface area (Å²) in [5.41, 5.74) is 2.93. The summed E-state index contributed by atoms with van der Waals surface area (Å²) in [6.45, 7) is 18.0. The third-order valence-electron chi connectivity index (χ3n) is 9.49. The first-order valence-electron chi connectivity index (χ1n) is 17.0. The van der Waals surface area contributed by atoms with Crippen LogP contribution in [0.15, 0.2) is 72.8 Å². The van der Waals surface area contributed by atoms with Crippen LogP contribution < -0.4 is 5.46 Å². The van der Waals surface area contributed by atoms with Gasteiger partial charge in [-0.1, -0.05) is 54.6 Å². The molecular formula is C38H49BN2O5Si. The second kappa shape index (κ2) is 15.0. The highest BCUT2D eigenvalue weighted by Crippen LogP contribution is 2.37. The molecule has 248 valence electrons. The van der Waals surface area contributed by atoms with Crippen LogP contribution in [0.4, 0.5) is 0 Å². The molecule has 0 aliphatic carbocycles. The van der Waals surface area contributed by atoms with Crippen LogP contribution in [-0.2, 0) is 35.7 Å². The average Bonchev–Trinajstić information content (AvgIpc) is 3.26. The van der Waals surface area contributed by atoms with Crippen LogP contribution in [-0.4, -0.2) is 58.4 Å². The van der Waals surface area contributed by atoms with Crippen molar-refractivity contribution in [2.24, 2.45) is 0 Å². The zero-order chi connectivity index (χ0) is 33.7. The highest BCUT2D eigenvalue weighted by atomic mass is 28.4. The highest BCUT2D eigenvalue weighted by Gasteiger charge is 2.52. The second-order valence-corrected chi connectivity index (χ2v) is 15.9. The molecule has 0 N–H and O–H groups in total. The minimum absolute atomic E-state index is 0.476. The lowest BCUT2D eigenvalue weighted by atomic mass is 9.75. The molecule has 1 aliphatic heterocycles. The van der Waals surface area contributed by atoms with E-state index in [1.807, 2.05) is 39.0 Å². The molecule has 0 unspecified atom stereocenters. The Morgan fingerprint density at radius 1 is 0.766 bits per heavy atom. The molecule has 9 heteroatoms. The van der Waals surface area contributed by atoms with Gasteiger partial charge in [-0.25, -0.2) is 0 Å². The topological polar surface area (TPSA) is 73.2 Å². The van der Waals surface area contributed by atoms with Crippen LogP contribution in [0, 0.1) is 11.3 Å². The lowest BCUT2D eigenvalue weighted by Crippen LogP contribution is -2.46. The Morgan fingerprint density at radius 2 is 1.32 bits per heavy atom. The van der Waals surface area contributed by atoms with Gasteiger partial charge < -0.3 is 22.6 Å². The van der Waals surface area contributed by atoms with E-state index in [1.165, 1.54) is 27.1 Å². The molecule has 0 radical (unpaired) electrons. The van der Waals surface area contributed by atoms with E-state index in [0.29, 0.717) is 38.5 Å². The minimum Gasteiger partial charge on any atom is -0.399 e. The van der Waals surface area contributed by atoms with Crippen molar-refractivity contribution in [3.05, 3.63) is 89.5 Å². The fourth-order valence-electron chi connectivity index (χ4n) is 6.49. The van der Waals surface area contributed by atoms with E-state index in [2.05, 4.69) is 93.3 Å². The Kier molecular flexibility index (Phi) is 11.3. The third-order valence-corrected chi connectivity index (χ3v) is 12.6. The number of benzene rings is 4. The normalized spacial score (nSPS) is 15.9. The van der Waals surface area contributed by atoms with Gasteiger partial charge >= 0.3 is 15.9 Å². The maximum absolute atomic E-state index is 9.91. The summed E-state index contributed by atoms with van der Waals surface area (Å²) >= 11 is 0. The largest absolute Gasteiger partial charge is 0.500 e. The molecule has 1 saturated heterocycles. The summed E-state index contributed by atoms with van der Waals surface area (Å²) in [7, 11) is -3.35. The summed E-state index contributed by atoms with van der Waals surface area (Å²) < 4.78 is 31.7. The Hall–Kier alpha value is -3.07. The molecule has 1 heterocycles. The fraction of sp³-hybridized carbons (Fsp3) is 0.447. The van der Waals surface area contributed by atoms with Crippen molar-refractivity contribution in [1.29, 1.82) is 5.26 Å². The molecule has 5 rings (SSSR count). The highest BCUT2D eigenvalue weighted by molar-refractivity contribution is 6.62. The molecule has 0 saturated carbocycles. The summed E-state index contributed by atoms with van der Waals surface area (Å²) in [4.78, 5) is 2.47. The summed E-state index contributed by atoms with van der Waals surface area (Å²) in [5.74, 6) is 0. The molecule has 0 spiro atoms. The van der Waals surface area contributed by atoms with E-state index in [-0.39, 0.29) is 0 Å². The Balaban J connectivity index is 1.54. The molecule has 7 nitrogen and oxygen atoms in total. The maximum Gasteiger partial charge on any atom is 0.500 e. The smallest absolute Gasteiger partial charge is 0.399 e. The quantitative estimate of drug-likeness (QED) is 0.0967. The van der Waals surface area contributed by atoms with Gasteiger partial charge in [-0.05, 0) is 118 Å². The van der Waals surface area contributed by atoms with Crippen LogP contribution in [0.5, 0.6) is 0 Å². The van der Waals surface area contributed by atoms with E-state index >= 15 is 0 Å². The number of hydrogen-bond donors (Lipinski definition) is 0. The van der Waals surface area contributed by atoms with Crippen molar-refractivity contribution in [1.82, 2.24) is 4.90 Å². The second-order valence-electron chi connectivity index (χ2n) is 13.2. The number of rotatable bonds is 15. The van der Waals surface area contributed by atoms with Gasteiger partial charge in [-0.2, -0.15) is 5.26 Å². The molecule has 0 bridgehead atoms. The average molecular weight is 653 g/mol. The van der Waals surface area contributed by atoms with Crippen LogP contribution in [0.1, 0.15) is 71.6 Å². The SMILES string of the molecule is CCO[Si](CCCN(Cc1cc(C#N)ccc1B1OC(C)(C)C(C)(C)O1)Cc1c2ccccc2cc2ccccc12)(OCC)OCC. The minimum atomic E-state index is -2.82. The van der Waals surface area contributed by atoms with E-state index in [4.69, 9.17) is 22.6 Å². The number of nitriles is 1. The maximum atomic E-state index is 9.91. The first-order chi connectivity index (χ1) is 22.5. The predicted octanol–water partition coefficient (Wildman–Crippen LogP) is 7.60. The van der Waals surface area contributed by atoms with Crippen molar-refractivity contribution in [2.45, 2.75) is 85.2 Å². The molecule has 4 aromatic rings. The monoisotopic (exact) mass is 652 g/mol. The van der Waals surface area contributed by atoms with Crippen LogP contribution in [0.25, 0.3) is 21.5 Å². The van der Waals surface area contributed by atoms with Crippen LogP contribution in [0.3, 0.4) is 0 Å². The van der Waals surface area contributed by atoms with E-state index in [0.717, 1.165) is 30.0 Å². The lowest BCUT2D eigenvalue weighted by Gasteiger charge is -2.32. The standard InChI is InChI=1S/C38H49BN2O5Si/c1-8-42-47(43-9-2,44-10-3)23-15-22-41(28-35-33-18-13-11-16-30(33)25-31-17-12-14-19-34(31)35)27-32-24-29(26-40)20-21-36(32)39-45-37(4,5)38(6,7)46-39/h11-14,16-21,24-25H,8-10,15,22-23,27-28H2,1-7H3.